The molecule has 0 radical (unpaired) electrons. The minimum absolute atomic E-state index is 0.0926. The van der Waals surface area contributed by atoms with Crippen molar-refractivity contribution in [2.24, 2.45) is 16.8 Å². The first kappa shape index (κ1) is 13.7. The van der Waals surface area contributed by atoms with Crippen LogP contribution in [0.2, 0.25) is 0 Å². The first-order valence-electron chi connectivity index (χ1n) is 6.58. The smallest absolute Gasteiger partial charge is 0.170 e. The van der Waals surface area contributed by atoms with Gasteiger partial charge in [0.25, 0.3) is 0 Å². The van der Waals surface area contributed by atoms with Gasteiger partial charge in [0, 0.05) is 12.2 Å². The van der Waals surface area contributed by atoms with E-state index in [2.05, 4.69) is 5.16 Å². The molecule has 1 aliphatic carbocycles. The molecule has 1 fully saturated rings. The summed E-state index contributed by atoms with van der Waals surface area (Å²) >= 11 is 0. The Bertz CT molecular complexity index is 413. The van der Waals surface area contributed by atoms with Crippen molar-refractivity contribution < 1.29 is 14.7 Å². The second kappa shape index (κ2) is 6.99. The van der Waals surface area contributed by atoms with E-state index in [9.17, 15) is 0 Å². The van der Waals surface area contributed by atoms with Crippen LogP contribution in [-0.4, -0.2) is 30.9 Å². The third-order valence-corrected chi connectivity index (χ3v) is 3.12. The third-order valence-electron chi connectivity index (χ3n) is 3.12. The van der Waals surface area contributed by atoms with Crippen molar-refractivity contribution >= 4 is 5.84 Å². The van der Waals surface area contributed by atoms with E-state index in [1.165, 1.54) is 19.3 Å². The summed E-state index contributed by atoms with van der Waals surface area (Å²) in [6.45, 7) is 1.97. The van der Waals surface area contributed by atoms with Crippen LogP contribution < -0.4 is 10.5 Å². The normalized spacial score (nSPS) is 15.5. The number of hydrogen-bond acceptors (Lipinski definition) is 4. The predicted molar refractivity (Wildman–Crippen MR) is 72.6 cm³/mol. The predicted octanol–water partition coefficient (Wildman–Crippen LogP) is 1.98. The van der Waals surface area contributed by atoms with Crippen molar-refractivity contribution in [1.82, 2.24) is 0 Å². The quantitative estimate of drug-likeness (QED) is 0.247. The number of nitrogens with zero attached hydrogens (tertiary/aromatic N) is 1. The maximum Gasteiger partial charge on any atom is 0.170 e. The highest BCUT2D eigenvalue weighted by atomic mass is 16.5. The first-order chi connectivity index (χ1) is 9.29. The molecule has 0 unspecified atom stereocenters. The highest BCUT2D eigenvalue weighted by Crippen LogP contribution is 2.31. The van der Waals surface area contributed by atoms with E-state index < -0.39 is 0 Å². The summed E-state index contributed by atoms with van der Waals surface area (Å²) in [7, 11) is 0. The second-order valence-electron chi connectivity index (χ2n) is 4.70. The van der Waals surface area contributed by atoms with Crippen molar-refractivity contribution in [1.29, 1.82) is 0 Å². The molecule has 1 aromatic rings. The molecule has 0 spiro atoms. The molecule has 0 amide bonds. The summed E-state index contributed by atoms with van der Waals surface area (Å²) in [5.74, 6) is 1.75. The van der Waals surface area contributed by atoms with Crippen molar-refractivity contribution in [2.45, 2.75) is 19.3 Å². The summed E-state index contributed by atoms with van der Waals surface area (Å²) in [4.78, 5) is 0. The fraction of sp³-hybridized carbons (Fsp3) is 0.500. The Morgan fingerprint density at radius 1 is 1.21 bits per heavy atom. The summed E-state index contributed by atoms with van der Waals surface area (Å²) in [6, 6.07) is 7.08. The average molecular weight is 264 g/mol. The molecule has 104 valence electrons. The van der Waals surface area contributed by atoms with Crippen LogP contribution in [-0.2, 0) is 4.74 Å². The Morgan fingerprint density at radius 3 is 2.58 bits per heavy atom. The lowest BCUT2D eigenvalue weighted by Crippen LogP contribution is -2.13. The van der Waals surface area contributed by atoms with Gasteiger partial charge in [0.15, 0.2) is 5.84 Å². The van der Waals surface area contributed by atoms with Crippen LogP contribution in [0.5, 0.6) is 5.75 Å². The Labute approximate surface area is 113 Å². The van der Waals surface area contributed by atoms with Crippen LogP contribution in [0.15, 0.2) is 29.4 Å². The molecule has 0 atom stereocenters. The molecule has 0 aromatic heterocycles. The van der Waals surface area contributed by atoms with Gasteiger partial charge in [-0.2, -0.15) is 0 Å². The average Bonchev–Trinajstić information content (AvgIpc) is 3.26. The van der Waals surface area contributed by atoms with Gasteiger partial charge in [-0.3, -0.25) is 0 Å². The molecule has 0 saturated heterocycles. The molecule has 5 nitrogen and oxygen atoms in total. The van der Waals surface area contributed by atoms with Gasteiger partial charge >= 0.3 is 0 Å². The number of oxime groups is 1. The molecule has 2 rings (SSSR count). The number of ether oxygens (including phenoxy) is 2. The summed E-state index contributed by atoms with van der Waals surface area (Å²) in [5, 5.41) is 11.5. The highest BCUT2D eigenvalue weighted by molar-refractivity contribution is 5.97. The molecular weight excluding hydrogens is 244 g/mol. The van der Waals surface area contributed by atoms with E-state index in [-0.39, 0.29) is 5.84 Å². The number of hydrogen-bond donors (Lipinski definition) is 2. The van der Waals surface area contributed by atoms with E-state index in [1.54, 1.807) is 24.3 Å². The SMILES string of the molecule is N/C(=N/O)c1ccc(OCCOCCC2CC2)cc1. The topological polar surface area (TPSA) is 77.1 Å². The molecule has 5 heteroatoms. The summed E-state index contributed by atoms with van der Waals surface area (Å²) in [5.41, 5.74) is 6.13. The summed E-state index contributed by atoms with van der Waals surface area (Å²) < 4.78 is 11.0. The van der Waals surface area contributed by atoms with Gasteiger partial charge in [-0.05, 0) is 36.6 Å². The van der Waals surface area contributed by atoms with Gasteiger partial charge < -0.3 is 20.4 Å². The van der Waals surface area contributed by atoms with Crippen LogP contribution in [0.4, 0.5) is 0 Å². The van der Waals surface area contributed by atoms with Crippen LogP contribution in [0.3, 0.4) is 0 Å². The van der Waals surface area contributed by atoms with Crippen molar-refractivity contribution in [2.75, 3.05) is 19.8 Å². The fourth-order valence-electron chi connectivity index (χ4n) is 1.76. The zero-order valence-electron chi connectivity index (χ0n) is 10.9. The number of rotatable bonds is 8. The fourth-order valence-corrected chi connectivity index (χ4v) is 1.76. The number of nitrogens with two attached hydrogens (primary N) is 1. The Kier molecular flexibility index (Phi) is 5.03. The first-order valence-corrected chi connectivity index (χ1v) is 6.58. The van der Waals surface area contributed by atoms with Crippen LogP contribution >= 0.6 is 0 Å². The van der Waals surface area contributed by atoms with Crippen LogP contribution in [0.25, 0.3) is 0 Å². The van der Waals surface area contributed by atoms with Gasteiger partial charge in [0.1, 0.15) is 12.4 Å². The monoisotopic (exact) mass is 264 g/mol. The lowest BCUT2D eigenvalue weighted by atomic mass is 10.2. The molecule has 1 aromatic carbocycles. The van der Waals surface area contributed by atoms with Crippen LogP contribution in [0.1, 0.15) is 24.8 Å². The largest absolute Gasteiger partial charge is 0.491 e. The van der Waals surface area contributed by atoms with E-state index in [0.29, 0.717) is 18.8 Å². The minimum Gasteiger partial charge on any atom is -0.491 e. The Morgan fingerprint density at radius 2 is 1.95 bits per heavy atom. The maximum atomic E-state index is 8.54. The van der Waals surface area contributed by atoms with Crippen molar-refractivity contribution in [3.8, 4) is 5.75 Å². The Balaban J connectivity index is 1.62. The van der Waals surface area contributed by atoms with Gasteiger partial charge in [-0.1, -0.05) is 18.0 Å². The molecule has 19 heavy (non-hydrogen) atoms. The molecular formula is C14H20N2O3. The lowest BCUT2D eigenvalue weighted by Gasteiger charge is -2.07. The summed E-state index contributed by atoms with van der Waals surface area (Å²) in [6.07, 6.45) is 3.91. The number of benzene rings is 1. The lowest BCUT2D eigenvalue weighted by molar-refractivity contribution is 0.0958. The van der Waals surface area contributed by atoms with E-state index in [0.717, 1.165) is 18.3 Å². The van der Waals surface area contributed by atoms with E-state index >= 15 is 0 Å². The molecule has 0 bridgehead atoms. The molecule has 0 aliphatic heterocycles. The van der Waals surface area contributed by atoms with Crippen molar-refractivity contribution in [3.63, 3.8) is 0 Å². The molecule has 3 N–H and O–H groups in total. The van der Waals surface area contributed by atoms with Gasteiger partial charge in [-0.25, -0.2) is 0 Å². The van der Waals surface area contributed by atoms with Gasteiger partial charge in [-0.15, -0.1) is 0 Å². The van der Waals surface area contributed by atoms with E-state index in [4.69, 9.17) is 20.4 Å². The molecule has 0 heterocycles. The van der Waals surface area contributed by atoms with Crippen LogP contribution in [0, 0.1) is 5.92 Å². The standard InChI is InChI=1S/C14H20N2O3/c15-14(16-17)12-3-5-13(6-4-12)19-10-9-18-8-7-11-1-2-11/h3-6,11,17H,1-2,7-10H2,(H2,15,16). The number of amidine groups is 1. The maximum absolute atomic E-state index is 8.54. The van der Waals surface area contributed by atoms with E-state index in [1.807, 2.05) is 0 Å². The zero-order chi connectivity index (χ0) is 13.5. The minimum atomic E-state index is 0.0926. The Hall–Kier alpha value is -1.75. The van der Waals surface area contributed by atoms with Gasteiger partial charge in [0.2, 0.25) is 0 Å². The zero-order valence-corrected chi connectivity index (χ0v) is 10.9. The second-order valence-corrected chi connectivity index (χ2v) is 4.70. The molecule has 1 aliphatic rings. The molecule has 1 saturated carbocycles. The van der Waals surface area contributed by atoms with Crippen molar-refractivity contribution in [3.05, 3.63) is 29.8 Å². The highest BCUT2D eigenvalue weighted by Gasteiger charge is 2.20. The third kappa shape index (κ3) is 4.79. The van der Waals surface area contributed by atoms with Gasteiger partial charge in [0.05, 0.1) is 6.61 Å².